The van der Waals surface area contributed by atoms with E-state index >= 15 is 0 Å². The maximum absolute atomic E-state index is 13.4. The highest BCUT2D eigenvalue weighted by Crippen LogP contribution is 2.56. The maximum Gasteiger partial charge on any atom is 0.508 e. The Morgan fingerprint density at radius 2 is 0.495 bits per heavy atom. The summed E-state index contributed by atoms with van der Waals surface area (Å²) >= 11 is 0. The molecule has 0 heterocycles. The lowest BCUT2D eigenvalue weighted by molar-refractivity contribution is -0.251. The minimum atomic E-state index is -2.38. The second-order valence-corrected chi connectivity index (χ2v) is 23.6. The Balaban J connectivity index is 1.34. The predicted molar refractivity (Wildman–Crippen MR) is 386 cm³/mol. The van der Waals surface area contributed by atoms with Crippen molar-refractivity contribution in [1.82, 2.24) is 0 Å². The molecule has 32 nitrogen and oxygen atoms in total. The zero-order valence-electron chi connectivity index (χ0n) is 60.2. The summed E-state index contributed by atoms with van der Waals surface area (Å²) in [6, 6.07) is 29.5. The first-order chi connectivity index (χ1) is 53.1. The number of carbonyl (C=O) groups excluding carboxylic acids is 12. The number of ether oxygens (including phenoxy) is 18. The van der Waals surface area contributed by atoms with Crippen molar-refractivity contribution in [2.75, 3.05) is 106 Å². The number of fused-ring (bicyclic) bond motifs is 3. The third-order valence-corrected chi connectivity index (χ3v) is 15.4. The van der Waals surface area contributed by atoms with Crippen molar-refractivity contribution in [2.24, 2.45) is 0 Å². The second kappa shape index (κ2) is 43.7. The summed E-state index contributed by atoms with van der Waals surface area (Å²) < 4.78 is 98.3. The minimum absolute atomic E-state index is 0.262. The first-order valence-corrected chi connectivity index (χ1v) is 33.1. The number of carbonyl (C=O) groups is 12. The van der Waals surface area contributed by atoms with Crippen LogP contribution in [0.15, 0.2) is 224 Å². The van der Waals surface area contributed by atoms with Gasteiger partial charge in [-0.3, -0.25) is 0 Å². The van der Waals surface area contributed by atoms with E-state index in [2.05, 4.69) is 65.8 Å². The van der Waals surface area contributed by atoms with Crippen molar-refractivity contribution in [1.29, 1.82) is 0 Å². The van der Waals surface area contributed by atoms with Gasteiger partial charge in [0.15, 0.2) is 22.4 Å². The second-order valence-electron chi connectivity index (χ2n) is 23.6. The average Bonchev–Trinajstić information content (AvgIpc) is 1.55. The van der Waals surface area contributed by atoms with Gasteiger partial charge < -0.3 is 95.5 Å². The Kier molecular flexibility index (Phi) is 34.9. The van der Waals surface area contributed by atoms with E-state index in [1.165, 1.54) is 0 Å². The van der Waals surface area contributed by atoms with E-state index in [0.29, 0.717) is 0 Å². The number of aliphatic hydroxyl groups is 2. The Morgan fingerprint density at radius 3 is 0.712 bits per heavy atom. The number of rotatable bonds is 50. The van der Waals surface area contributed by atoms with Crippen LogP contribution in [-0.2, 0) is 129 Å². The van der Waals surface area contributed by atoms with Crippen molar-refractivity contribution < 1.29 is 153 Å². The number of benzene rings is 4. The van der Waals surface area contributed by atoms with Crippen LogP contribution in [0.2, 0.25) is 0 Å². The van der Waals surface area contributed by atoms with Gasteiger partial charge in [0.25, 0.3) is 0 Å². The standard InChI is InChI=1S/C79H82O32/c1-11-63(82)98-41-75(42-99-64(83)12-2,43-100-65(84)13-3)110-77(47-104-69(88)17-7,48-105-70(89)18-8)51-108-73(92)96-39-55(80)37-94-57-33-29-53(30-34-57)79(61-27-23-21-25-59(61)60-26-22-24-28-62(60)79)54-31-35-58(36-32-54)95-38-56(81)40-97-74(93)109-52-78(49-106-71(90)19-9,50-107-72(91)20-10)111-76(44-101-66(85)14-4,45-102-67(86)15-5)46-103-68(87)16-6/h11-36,55-56,80-81H,1-10,37-52H2. The Bertz CT molecular complexity index is 3650. The van der Waals surface area contributed by atoms with Crippen LogP contribution in [0.25, 0.3) is 11.1 Å². The van der Waals surface area contributed by atoms with E-state index in [-0.39, 0.29) is 11.5 Å². The molecule has 2 unspecified atom stereocenters. The van der Waals surface area contributed by atoms with Gasteiger partial charge in [-0.05, 0) is 57.6 Å². The molecule has 2 atom stereocenters. The summed E-state index contributed by atoms with van der Waals surface area (Å²) in [6.07, 6.45) is 1.58. The summed E-state index contributed by atoms with van der Waals surface area (Å²) in [7, 11) is 0. The lowest BCUT2D eigenvalue weighted by Gasteiger charge is -2.41. The highest BCUT2D eigenvalue weighted by Gasteiger charge is 2.51. The molecule has 5 rings (SSSR count). The van der Waals surface area contributed by atoms with E-state index in [1.54, 1.807) is 24.3 Å². The molecule has 1 aliphatic carbocycles. The summed E-state index contributed by atoms with van der Waals surface area (Å²) in [5.41, 5.74) is -5.16. The van der Waals surface area contributed by atoms with Gasteiger partial charge in [0.05, 0.1) is 5.41 Å². The Labute approximate surface area is 636 Å². The molecule has 0 fully saturated rings. The third kappa shape index (κ3) is 26.7. The van der Waals surface area contributed by atoms with Gasteiger partial charge in [0, 0.05) is 60.8 Å². The number of aliphatic hydroxyl groups excluding tert-OH is 2. The van der Waals surface area contributed by atoms with Crippen LogP contribution in [0, 0.1) is 0 Å². The van der Waals surface area contributed by atoms with Gasteiger partial charge in [-0.15, -0.1) is 0 Å². The van der Waals surface area contributed by atoms with E-state index < -0.39 is 218 Å². The van der Waals surface area contributed by atoms with Gasteiger partial charge >= 0.3 is 72.0 Å². The van der Waals surface area contributed by atoms with E-state index in [9.17, 15) is 67.7 Å². The van der Waals surface area contributed by atoms with Gasteiger partial charge in [-0.1, -0.05) is 139 Å². The molecule has 0 spiro atoms. The molecule has 2 N–H and O–H groups in total. The molecule has 0 amide bonds. The molecule has 590 valence electrons. The van der Waals surface area contributed by atoms with Crippen LogP contribution in [0.1, 0.15) is 22.3 Å². The molecule has 4 aromatic carbocycles. The Morgan fingerprint density at radius 1 is 0.288 bits per heavy atom. The molecule has 0 radical (unpaired) electrons. The lowest BCUT2D eigenvalue weighted by Crippen LogP contribution is -2.59. The van der Waals surface area contributed by atoms with Crippen LogP contribution >= 0.6 is 0 Å². The average molecular weight is 1540 g/mol. The summed E-state index contributed by atoms with van der Waals surface area (Å²) in [4.78, 5) is 151. The van der Waals surface area contributed by atoms with Crippen molar-refractivity contribution in [3.8, 4) is 22.6 Å². The minimum Gasteiger partial charge on any atom is -0.491 e. The molecule has 1 aliphatic rings. The fourth-order valence-corrected chi connectivity index (χ4v) is 10.3. The Hall–Kier alpha value is -13.0. The quantitative estimate of drug-likeness (QED) is 0.0252. The zero-order chi connectivity index (χ0) is 81.6. The van der Waals surface area contributed by atoms with Crippen molar-refractivity contribution in [2.45, 2.75) is 40.0 Å². The molecular weight excluding hydrogens is 1460 g/mol. The topological polar surface area (TPSA) is 411 Å². The maximum atomic E-state index is 13.4. The van der Waals surface area contributed by atoms with Crippen molar-refractivity contribution >= 4 is 72.0 Å². The fraction of sp³-hybridized carbons (Fsp3) is 0.291. The van der Waals surface area contributed by atoms with E-state index in [1.807, 2.05) is 72.8 Å². The molecule has 4 aromatic rings. The molecule has 0 saturated carbocycles. The number of esters is 10. The highest BCUT2D eigenvalue weighted by molar-refractivity contribution is 5.88. The van der Waals surface area contributed by atoms with Crippen LogP contribution in [0.4, 0.5) is 9.59 Å². The molecule has 0 saturated heterocycles. The van der Waals surface area contributed by atoms with Crippen LogP contribution in [0.5, 0.6) is 11.5 Å². The smallest absolute Gasteiger partial charge is 0.491 e. The first kappa shape index (κ1) is 88.6. The van der Waals surface area contributed by atoms with Crippen LogP contribution in [0.3, 0.4) is 0 Å². The summed E-state index contributed by atoms with van der Waals surface area (Å²) in [5.74, 6) is -10.1. The van der Waals surface area contributed by atoms with Gasteiger partial charge in [0.1, 0.15) is 129 Å². The highest BCUT2D eigenvalue weighted by atomic mass is 16.8. The summed E-state index contributed by atoms with van der Waals surface area (Å²) in [5, 5.41) is 22.2. The lowest BCUT2D eigenvalue weighted by atomic mass is 9.68. The number of hydrogen-bond donors (Lipinski definition) is 2. The predicted octanol–water partition coefficient (Wildman–Crippen LogP) is 6.12. The van der Waals surface area contributed by atoms with E-state index in [0.717, 1.165) is 94.1 Å². The van der Waals surface area contributed by atoms with Gasteiger partial charge in [-0.2, -0.15) is 0 Å². The molecule has 111 heavy (non-hydrogen) atoms. The van der Waals surface area contributed by atoms with Crippen LogP contribution in [-0.4, -0.2) is 223 Å². The summed E-state index contributed by atoms with van der Waals surface area (Å²) in [6.45, 7) is 19.5. The van der Waals surface area contributed by atoms with Crippen LogP contribution < -0.4 is 9.47 Å². The van der Waals surface area contributed by atoms with Crippen molar-refractivity contribution in [3.63, 3.8) is 0 Å². The molecular formula is C79H82O32. The van der Waals surface area contributed by atoms with E-state index in [4.69, 9.17) is 85.3 Å². The largest absolute Gasteiger partial charge is 0.508 e. The fourth-order valence-electron chi connectivity index (χ4n) is 10.3. The molecule has 32 heteroatoms. The molecule has 0 aliphatic heterocycles. The zero-order valence-corrected chi connectivity index (χ0v) is 60.2. The SMILES string of the molecule is C=CC(=O)OCC(COC(=O)C=C)(COC(=O)C=C)OC(COC(=O)C=C)(COC(=O)C=C)COC(=O)OCC(O)COc1ccc(C2(c3ccc(OCC(O)COC(=O)OCC(COC(=O)C=C)(COC(=O)C=C)OC(COC(=O)C=C)(COC(=O)C=C)COC(=O)C=C)cc3)c3ccccc3-c3ccccc32)cc1. The number of hydrogen-bond acceptors (Lipinski definition) is 32. The van der Waals surface area contributed by atoms with Crippen molar-refractivity contribution in [3.05, 3.63) is 246 Å². The first-order valence-electron chi connectivity index (χ1n) is 33.1. The monoisotopic (exact) mass is 1540 g/mol. The molecule has 0 aromatic heterocycles. The normalized spacial score (nSPS) is 12.2. The molecule has 0 bridgehead atoms. The third-order valence-electron chi connectivity index (χ3n) is 15.4. The van der Waals surface area contributed by atoms with Gasteiger partial charge in [-0.25, -0.2) is 57.5 Å². The van der Waals surface area contributed by atoms with Gasteiger partial charge in [0.2, 0.25) is 0 Å².